The predicted octanol–water partition coefficient (Wildman–Crippen LogP) is 4.66. The third kappa shape index (κ3) is 5.04. The number of aryl methyl sites for hydroxylation is 1. The maximum Gasteiger partial charge on any atom is 0.338 e. The fourth-order valence-electron chi connectivity index (χ4n) is 4.15. The molecule has 1 aliphatic rings. The summed E-state index contributed by atoms with van der Waals surface area (Å²) < 4.78 is 14.1. The molecule has 2 aromatic carbocycles. The zero-order valence-electron chi connectivity index (χ0n) is 20.1. The number of carbonyl (C=O) groups excluding carboxylic acids is 1. The Bertz CT molecular complexity index is 1470. The Kier molecular flexibility index (Phi) is 7.72. The molecule has 1 atom stereocenters. The Morgan fingerprint density at radius 3 is 2.60 bits per heavy atom. The van der Waals surface area contributed by atoms with Crippen molar-refractivity contribution in [3.8, 4) is 5.75 Å². The van der Waals surface area contributed by atoms with Crippen molar-refractivity contribution >= 4 is 39.3 Å². The van der Waals surface area contributed by atoms with E-state index in [0.717, 1.165) is 22.0 Å². The lowest BCUT2D eigenvalue weighted by Crippen LogP contribution is -2.40. The lowest BCUT2D eigenvalue weighted by atomic mass is 9.93. The van der Waals surface area contributed by atoms with Crippen LogP contribution in [-0.2, 0) is 9.53 Å². The summed E-state index contributed by atoms with van der Waals surface area (Å²) in [5, 5.41) is 0. The van der Waals surface area contributed by atoms with E-state index < -0.39 is 12.0 Å². The lowest BCUT2D eigenvalue weighted by Gasteiger charge is -2.27. The van der Waals surface area contributed by atoms with Crippen LogP contribution in [0.3, 0.4) is 0 Å². The molecule has 1 aliphatic heterocycles. The lowest BCUT2D eigenvalue weighted by molar-refractivity contribution is -0.139. The molecule has 0 radical (unpaired) electrons. The van der Waals surface area contributed by atoms with E-state index >= 15 is 0 Å². The first kappa shape index (κ1) is 25.1. The van der Waals surface area contributed by atoms with Crippen molar-refractivity contribution in [3.63, 3.8) is 0 Å². The molecule has 1 aromatic heterocycles. The standard InChI is InChI=1S/C27H27BrN2O4S/c1-5-7-20-23(26(32)34-6-2)24(19-15-18(28)12-13-21(19)33-4)30-25(31)22(35-27(30)29-20)14-17-10-8-16(3)9-11-17/h8-15,24H,5-7H2,1-4H3/b22-14+/t24-/m0/s1. The summed E-state index contributed by atoms with van der Waals surface area (Å²) in [6, 6.07) is 12.8. The monoisotopic (exact) mass is 554 g/mol. The Hall–Kier alpha value is -2.97. The van der Waals surface area contributed by atoms with Crippen molar-refractivity contribution in [3.05, 3.63) is 94.6 Å². The first-order valence-corrected chi connectivity index (χ1v) is 13.1. The van der Waals surface area contributed by atoms with Crippen molar-refractivity contribution in [1.29, 1.82) is 0 Å². The van der Waals surface area contributed by atoms with Gasteiger partial charge in [-0.25, -0.2) is 9.79 Å². The predicted molar refractivity (Wildman–Crippen MR) is 142 cm³/mol. The second-order valence-electron chi connectivity index (χ2n) is 8.21. The number of nitrogens with zero attached hydrogens (tertiary/aromatic N) is 2. The molecule has 0 N–H and O–H groups in total. The first-order valence-electron chi connectivity index (χ1n) is 11.5. The van der Waals surface area contributed by atoms with Crippen LogP contribution >= 0.6 is 27.3 Å². The van der Waals surface area contributed by atoms with E-state index in [4.69, 9.17) is 14.5 Å². The molecule has 0 spiro atoms. The Labute approximate surface area is 216 Å². The minimum absolute atomic E-state index is 0.210. The summed E-state index contributed by atoms with van der Waals surface area (Å²) in [5.74, 6) is 0.102. The van der Waals surface area contributed by atoms with Gasteiger partial charge in [0.25, 0.3) is 5.56 Å². The minimum atomic E-state index is -0.723. The van der Waals surface area contributed by atoms with E-state index in [1.807, 2.05) is 62.4 Å². The van der Waals surface area contributed by atoms with E-state index in [1.54, 1.807) is 18.6 Å². The largest absolute Gasteiger partial charge is 0.496 e. The Balaban J connectivity index is 2.04. The quantitative estimate of drug-likeness (QED) is 0.398. The smallest absolute Gasteiger partial charge is 0.338 e. The molecule has 0 aliphatic carbocycles. The van der Waals surface area contributed by atoms with Crippen LogP contribution in [0.1, 0.15) is 49.4 Å². The van der Waals surface area contributed by atoms with Crippen LogP contribution in [0.5, 0.6) is 5.75 Å². The van der Waals surface area contributed by atoms with Crippen LogP contribution < -0.4 is 19.6 Å². The van der Waals surface area contributed by atoms with Crippen LogP contribution in [-0.4, -0.2) is 24.3 Å². The number of halogens is 1. The van der Waals surface area contributed by atoms with Crippen LogP contribution in [0, 0.1) is 6.92 Å². The molecule has 0 bridgehead atoms. The zero-order valence-corrected chi connectivity index (χ0v) is 22.5. The highest BCUT2D eigenvalue weighted by molar-refractivity contribution is 9.10. The van der Waals surface area contributed by atoms with Crippen molar-refractivity contribution in [2.45, 2.75) is 39.7 Å². The fourth-order valence-corrected chi connectivity index (χ4v) is 5.55. The van der Waals surface area contributed by atoms with Gasteiger partial charge in [0.05, 0.1) is 29.5 Å². The van der Waals surface area contributed by atoms with Crippen molar-refractivity contribution in [1.82, 2.24) is 4.57 Å². The molecule has 6 nitrogen and oxygen atoms in total. The number of carbonyl (C=O) groups is 1. The molecule has 35 heavy (non-hydrogen) atoms. The highest BCUT2D eigenvalue weighted by atomic mass is 79.9. The zero-order chi connectivity index (χ0) is 25.1. The third-order valence-corrected chi connectivity index (χ3v) is 7.23. The van der Waals surface area contributed by atoms with E-state index in [9.17, 15) is 9.59 Å². The third-order valence-electron chi connectivity index (χ3n) is 5.75. The van der Waals surface area contributed by atoms with Gasteiger partial charge in [0, 0.05) is 10.0 Å². The van der Waals surface area contributed by atoms with Gasteiger partial charge in [-0.05, 0) is 50.1 Å². The molecular formula is C27H27BrN2O4S. The molecule has 0 saturated heterocycles. The van der Waals surface area contributed by atoms with Crippen LogP contribution in [0.4, 0.5) is 0 Å². The number of aromatic nitrogens is 1. The molecule has 0 fully saturated rings. The maximum absolute atomic E-state index is 13.8. The topological polar surface area (TPSA) is 69.9 Å². The van der Waals surface area contributed by atoms with Gasteiger partial charge in [0.15, 0.2) is 4.80 Å². The number of ether oxygens (including phenoxy) is 2. The van der Waals surface area contributed by atoms with Crippen molar-refractivity contribution < 1.29 is 14.3 Å². The first-order chi connectivity index (χ1) is 16.9. The molecule has 2 heterocycles. The van der Waals surface area contributed by atoms with Gasteiger partial charge in [0.2, 0.25) is 0 Å². The molecule has 0 amide bonds. The highest BCUT2D eigenvalue weighted by Gasteiger charge is 2.36. The molecule has 3 aromatic rings. The van der Waals surface area contributed by atoms with Crippen LogP contribution in [0.15, 0.2) is 68.0 Å². The second kappa shape index (κ2) is 10.7. The van der Waals surface area contributed by atoms with Crippen molar-refractivity contribution in [2.75, 3.05) is 13.7 Å². The number of hydrogen-bond donors (Lipinski definition) is 0. The molecule has 0 unspecified atom stereocenters. The van der Waals surface area contributed by atoms with Gasteiger partial charge in [-0.15, -0.1) is 0 Å². The van der Waals surface area contributed by atoms with Crippen molar-refractivity contribution in [2.24, 2.45) is 4.99 Å². The number of benzene rings is 2. The molecule has 8 heteroatoms. The SMILES string of the molecule is CCCC1=C(C(=O)OCC)[C@H](c2cc(Br)ccc2OC)n2c(s/c(=C/c3ccc(C)cc3)c2=O)=N1. The van der Waals surface area contributed by atoms with E-state index in [2.05, 4.69) is 15.9 Å². The number of thiazole rings is 1. The maximum atomic E-state index is 13.8. The van der Waals surface area contributed by atoms with Gasteiger partial charge < -0.3 is 9.47 Å². The number of rotatable bonds is 7. The summed E-state index contributed by atoms with van der Waals surface area (Å²) in [5.41, 5.74) is 3.57. The number of esters is 1. The molecular weight excluding hydrogens is 528 g/mol. The number of methoxy groups -OCH3 is 1. The number of allylic oxidation sites excluding steroid dienone is 1. The van der Waals surface area contributed by atoms with Gasteiger partial charge in [-0.1, -0.05) is 70.4 Å². The second-order valence-corrected chi connectivity index (χ2v) is 10.1. The average molecular weight is 555 g/mol. The average Bonchev–Trinajstić information content (AvgIpc) is 3.14. The highest BCUT2D eigenvalue weighted by Crippen LogP contribution is 2.38. The Morgan fingerprint density at radius 1 is 1.20 bits per heavy atom. The van der Waals surface area contributed by atoms with E-state index in [-0.39, 0.29) is 12.2 Å². The fraction of sp³-hybridized carbons (Fsp3) is 0.296. The molecule has 4 rings (SSSR count). The summed E-state index contributed by atoms with van der Waals surface area (Å²) in [6.45, 7) is 6.05. The van der Waals surface area contributed by atoms with Gasteiger partial charge in [-0.2, -0.15) is 0 Å². The van der Waals surface area contributed by atoms with Crippen LogP contribution in [0.25, 0.3) is 6.08 Å². The molecule has 0 saturated carbocycles. The van der Waals surface area contributed by atoms with Gasteiger partial charge >= 0.3 is 5.97 Å². The number of fused-ring (bicyclic) bond motifs is 1. The Morgan fingerprint density at radius 2 is 1.94 bits per heavy atom. The number of hydrogen-bond acceptors (Lipinski definition) is 6. The normalized spacial score (nSPS) is 15.6. The van der Waals surface area contributed by atoms with E-state index in [1.165, 1.54) is 11.3 Å². The summed E-state index contributed by atoms with van der Waals surface area (Å²) in [4.78, 5) is 32.4. The summed E-state index contributed by atoms with van der Waals surface area (Å²) >= 11 is 4.86. The van der Waals surface area contributed by atoms with Crippen LogP contribution in [0.2, 0.25) is 0 Å². The minimum Gasteiger partial charge on any atom is -0.496 e. The van der Waals surface area contributed by atoms with Gasteiger partial charge in [0.1, 0.15) is 11.8 Å². The summed E-state index contributed by atoms with van der Waals surface area (Å²) in [6.07, 6.45) is 3.25. The molecule has 182 valence electrons. The van der Waals surface area contributed by atoms with E-state index in [0.29, 0.717) is 38.3 Å². The van der Waals surface area contributed by atoms with Gasteiger partial charge in [-0.3, -0.25) is 9.36 Å². The summed E-state index contributed by atoms with van der Waals surface area (Å²) in [7, 11) is 1.58.